The minimum Gasteiger partial charge on any atom is -0.352 e. The van der Waals surface area contributed by atoms with Gasteiger partial charge in [0.25, 0.3) is 0 Å². The summed E-state index contributed by atoms with van der Waals surface area (Å²) >= 11 is 0. The van der Waals surface area contributed by atoms with E-state index in [9.17, 15) is 4.79 Å². The number of aryl methyl sites for hydroxylation is 2. The Kier molecular flexibility index (Phi) is 3.85. The number of H-pyrrole nitrogens is 1. The van der Waals surface area contributed by atoms with E-state index in [1.807, 2.05) is 6.92 Å². The number of rotatable bonds is 5. The molecule has 2 aromatic rings. The lowest BCUT2D eigenvalue weighted by atomic mass is 10.0. The van der Waals surface area contributed by atoms with Crippen LogP contribution in [0.1, 0.15) is 54.7 Å². The molecule has 0 saturated carbocycles. The SMILES string of the molecule is CCCCC(=O)c1[nH]c2ccc(CC)cc2c1C. The maximum atomic E-state index is 12.1. The maximum Gasteiger partial charge on any atom is 0.179 e. The van der Waals surface area contributed by atoms with Gasteiger partial charge in [0.2, 0.25) is 0 Å². The standard InChI is InChI=1S/C16H21NO/c1-4-6-7-15(18)16-11(3)13-10-12(5-2)8-9-14(13)17-16/h8-10,17H,4-7H2,1-3H3. The van der Waals surface area contributed by atoms with Gasteiger partial charge in [-0.25, -0.2) is 0 Å². The first-order chi connectivity index (χ1) is 8.67. The fourth-order valence-corrected chi connectivity index (χ4v) is 2.33. The van der Waals surface area contributed by atoms with Gasteiger partial charge in [0.05, 0.1) is 5.69 Å². The van der Waals surface area contributed by atoms with Crippen molar-refractivity contribution in [3.05, 3.63) is 35.0 Å². The first-order valence-corrected chi connectivity index (χ1v) is 6.81. The second-order valence-electron chi connectivity index (χ2n) is 4.89. The van der Waals surface area contributed by atoms with Crippen molar-refractivity contribution in [3.8, 4) is 0 Å². The summed E-state index contributed by atoms with van der Waals surface area (Å²) in [6.07, 6.45) is 3.70. The van der Waals surface area contributed by atoms with Crippen LogP contribution in [0.15, 0.2) is 18.2 Å². The molecule has 1 aromatic carbocycles. The summed E-state index contributed by atoms with van der Waals surface area (Å²) in [5.41, 5.74) is 4.29. The molecule has 0 amide bonds. The van der Waals surface area contributed by atoms with Gasteiger partial charge in [-0.1, -0.05) is 26.3 Å². The molecule has 2 nitrogen and oxygen atoms in total. The highest BCUT2D eigenvalue weighted by atomic mass is 16.1. The largest absolute Gasteiger partial charge is 0.352 e. The average molecular weight is 243 g/mol. The highest BCUT2D eigenvalue weighted by Crippen LogP contribution is 2.24. The number of aromatic nitrogens is 1. The normalized spacial score (nSPS) is 11.1. The molecule has 0 saturated heterocycles. The van der Waals surface area contributed by atoms with Gasteiger partial charge in [-0.3, -0.25) is 4.79 Å². The molecule has 0 bridgehead atoms. The van der Waals surface area contributed by atoms with E-state index in [1.54, 1.807) is 0 Å². The number of Topliss-reactive ketones (excluding diaryl/α,β-unsaturated/α-hetero) is 1. The number of fused-ring (bicyclic) bond motifs is 1. The first-order valence-electron chi connectivity index (χ1n) is 6.81. The molecule has 1 heterocycles. The number of ketones is 1. The highest BCUT2D eigenvalue weighted by Gasteiger charge is 2.14. The Morgan fingerprint density at radius 2 is 2.06 bits per heavy atom. The Labute approximate surface area is 108 Å². The third kappa shape index (κ3) is 2.33. The van der Waals surface area contributed by atoms with Crippen LogP contribution < -0.4 is 0 Å². The summed E-state index contributed by atoms with van der Waals surface area (Å²) in [4.78, 5) is 15.4. The summed E-state index contributed by atoms with van der Waals surface area (Å²) in [5.74, 6) is 0.239. The quantitative estimate of drug-likeness (QED) is 0.775. The van der Waals surface area contributed by atoms with Crippen molar-refractivity contribution in [3.63, 3.8) is 0 Å². The molecule has 18 heavy (non-hydrogen) atoms. The summed E-state index contributed by atoms with van der Waals surface area (Å²) in [6.45, 7) is 6.30. The lowest BCUT2D eigenvalue weighted by Gasteiger charge is -1.99. The Balaban J connectivity index is 2.41. The van der Waals surface area contributed by atoms with Crippen molar-refractivity contribution in [2.24, 2.45) is 0 Å². The molecule has 0 aliphatic rings. The number of aromatic amines is 1. The van der Waals surface area contributed by atoms with Gasteiger partial charge >= 0.3 is 0 Å². The number of benzene rings is 1. The summed E-state index contributed by atoms with van der Waals surface area (Å²) in [7, 11) is 0. The zero-order valence-electron chi connectivity index (χ0n) is 11.5. The van der Waals surface area contributed by atoms with E-state index >= 15 is 0 Å². The molecule has 2 rings (SSSR count). The monoisotopic (exact) mass is 243 g/mol. The van der Waals surface area contributed by atoms with E-state index < -0.39 is 0 Å². The molecule has 1 N–H and O–H groups in total. The predicted octanol–water partition coefficient (Wildman–Crippen LogP) is 4.41. The van der Waals surface area contributed by atoms with Crippen LogP contribution in [0.4, 0.5) is 0 Å². The maximum absolute atomic E-state index is 12.1. The van der Waals surface area contributed by atoms with Gasteiger partial charge in [-0.15, -0.1) is 0 Å². The van der Waals surface area contributed by atoms with E-state index in [0.717, 1.165) is 36.0 Å². The van der Waals surface area contributed by atoms with Crippen LogP contribution in [0, 0.1) is 6.92 Å². The predicted molar refractivity (Wildman–Crippen MR) is 76.3 cm³/mol. The van der Waals surface area contributed by atoms with Crippen LogP contribution in [-0.4, -0.2) is 10.8 Å². The number of nitrogens with one attached hydrogen (secondary N) is 1. The number of hydrogen-bond acceptors (Lipinski definition) is 1. The van der Waals surface area contributed by atoms with E-state index in [1.165, 1.54) is 10.9 Å². The molecular formula is C16H21NO. The minimum atomic E-state index is 0.239. The molecule has 0 unspecified atom stereocenters. The molecule has 0 spiro atoms. The third-order valence-electron chi connectivity index (χ3n) is 3.57. The van der Waals surface area contributed by atoms with Crippen LogP contribution in [0.5, 0.6) is 0 Å². The van der Waals surface area contributed by atoms with Gasteiger partial charge in [-0.05, 0) is 43.0 Å². The van der Waals surface area contributed by atoms with Gasteiger partial charge in [0.1, 0.15) is 0 Å². The van der Waals surface area contributed by atoms with Crippen molar-refractivity contribution < 1.29 is 4.79 Å². The Hall–Kier alpha value is -1.57. The number of hydrogen-bond donors (Lipinski definition) is 1. The van der Waals surface area contributed by atoms with E-state index in [4.69, 9.17) is 0 Å². The van der Waals surface area contributed by atoms with Gasteiger partial charge < -0.3 is 4.98 Å². The molecular weight excluding hydrogens is 222 g/mol. The lowest BCUT2D eigenvalue weighted by molar-refractivity contribution is 0.0975. The second-order valence-corrected chi connectivity index (χ2v) is 4.89. The highest BCUT2D eigenvalue weighted by molar-refractivity contribution is 6.02. The van der Waals surface area contributed by atoms with Crippen LogP contribution in [-0.2, 0) is 6.42 Å². The molecule has 96 valence electrons. The fourth-order valence-electron chi connectivity index (χ4n) is 2.33. The minimum absolute atomic E-state index is 0.239. The Bertz CT molecular complexity index is 566. The van der Waals surface area contributed by atoms with Crippen molar-refractivity contribution >= 4 is 16.7 Å². The van der Waals surface area contributed by atoms with Gasteiger partial charge in [-0.2, -0.15) is 0 Å². The van der Waals surface area contributed by atoms with Crippen LogP contribution in [0.2, 0.25) is 0 Å². The number of carbonyl (C=O) groups excluding carboxylic acids is 1. The van der Waals surface area contributed by atoms with Crippen LogP contribution >= 0.6 is 0 Å². The fraction of sp³-hybridized carbons (Fsp3) is 0.438. The first kappa shape index (κ1) is 12.9. The molecule has 0 radical (unpaired) electrons. The molecule has 0 aliphatic carbocycles. The Morgan fingerprint density at radius 1 is 1.28 bits per heavy atom. The molecule has 0 aliphatic heterocycles. The molecule has 2 heteroatoms. The van der Waals surface area contributed by atoms with Crippen molar-refractivity contribution in [1.82, 2.24) is 4.98 Å². The third-order valence-corrected chi connectivity index (χ3v) is 3.57. The van der Waals surface area contributed by atoms with Crippen LogP contribution in [0.25, 0.3) is 10.9 Å². The van der Waals surface area contributed by atoms with E-state index in [2.05, 4.69) is 37.0 Å². The summed E-state index contributed by atoms with van der Waals surface area (Å²) < 4.78 is 0. The molecule has 0 atom stereocenters. The van der Waals surface area contributed by atoms with E-state index in [0.29, 0.717) is 6.42 Å². The van der Waals surface area contributed by atoms with Crippen molar-refractivity contribution in [2.75, 3.05) is 0 Å². The zero-order chi connectivity index (χ0) is 13.1. The molecule has 0 fully saturated rings. The van der Waals surface area contributed by atoms with Crippen LogP contribution in [0.3, 0.4) is 0 Å². The topological polar surface area (TPSA) is 32.9 Å². The van der Waals surface area contributed by atoms with Crippen molar-refractivity contribution in [2.45, 2.75) is 46.5 Å². The number of carbonyl (C=O) groups is 1. The molecule has 1 aromatic heterocycles. The Morgan fingerprint density at radius 3 is 2.72 bits per heavy atom. The number of unbranched alkanes of at least 4 members (excludes halogenated alkanes) is 1. The summed E-state index contributed by atoms with van der Waals surface area (Å²) in [6, 6.07) is 6.40. The van der Waals surface area contributed by atoms with Gasteiger partial charge in [0.15, 0.2) is 5.78 Å². The zero-order valence-corrected chi connectivity index (χ0v) is 11.5. The van der Waals surface area contributed by atoms with Gasteiger partial charge in [0, 0.05) is 17.3 Å². The lowest BCUT2D eigenvalue weighted by Crippen LogP contribution is -2.00. The smallest absolute Gasteiger partial charge is 0.179 e. The second kappa shape index (κ2) is 5.38. The summed E-state index contributed by atoms with van der Waals surface area (Å²) in [5, 5.41) is 1.19. The van der Waals surface area contributed by atoms with E-state index in [-0.39, 0.29) is 5.78 Å². The van der Waals surface area contributed by atoms with Crippen molar-refractivity contribution in [1.29, 1.82) is 0 Å². The average Bonchev–Trinajstić information content (AvgIpc) is 2.73.